The number of rotatable bonds is 3. The van der Waals surface area contributed by atoms with E-state index in [2.05, 4.69) is 4.74 Å². The lowest BCUT2D eigenvalue weighted by Gasteiger charge is -2.16. The van der Waals surface area contributed by atoms with Crippen molar-refractivity contribution < 1.29 is 18.3 Å². The van der Waals surface area contributed by atoms with Crippen molar-refractivity contribution in [3.05, 3.63) is 36.0 Å². The van der Waals surface area contributed by atoms with Gasteiger partial charge >= 0.3 is 11.9 Å². The first-order valence-electron chi connectivity index (χ1n) is 6.10. The number of halogens is 2. The average molecular weight is 258 g/mol. The molecule has 0 aromatic carbocycles. The van der Waals surface area contributed by atoms with Crippen LogP contribution in [-0.2, 0) is 9.53 Å². The topological polar surface area (TPSA) is 26.3 Å². The molecular formula is C14H20F2O2. The van der Waals surface area contributed by atoms with Crippen LogP contribution in [0.4, 0.5) is 8.78 Å². The van der Waals surface area contributed by atoms with Crippen LogP contribution in [0.2, 0.25) is 0 Å². The maximum Gasteiger partial charge on any atom is 0.381 e. The van der Waals surface area contributed by atoms with E-state index in [9.17, 15) is 13.6 Å². The van der Waals surface area contributed by atoms with Gasteiger partial charge in [-0.15, -0.1) is 0 Å². The average Bonchev–Trinajstić information content (AvgIpc) is 2.57. The van der Waals surface area contributed by atoms with Crippen LogP contribution in [0.3, 0.4) is 0 Å². The van der Waals surface area contributed by atoms with Crippen molar-refractivity contribution >= 4 is 5.97 Å². The molecule has 0 aromatic heterocycles. The van der Waals surface area contributed by atoms with E-state index >= 15 is 0 Å². The zero-order chi connectivity index (χ0) is 14.2. The molecule has 0 bridgehead atoms. The number of alkyl halides is 2. The van der Waals surface area contributed by atoms with Crippen molar-refractivity contribution in [3.8, 4) is 0 Å². The Kier molecular flexibility index (Phi) is 7.17. The summed E-state index contributed by atoms with van der Waals surface area (Å²) in [4.78, 5) is 11.1. The molecule has 1 aliphatic carbocycles. The normalized spacial score (nSPS) is 18.3. The van der Waals surface area contributed by atoms with Crippen LogP contribution in [0.5, 0.6) is 0 Å². The second kappa shape index (κ2) is 7.80. The van der Waals surface area contributed by atoms with Crippen LogP contribution in [0, 0.1) is 5.92 Å². The van der Waals surface area contributed by atoms with Gasteiger partial charge in [-0.2, -0.15) is 8.78 Å². The zero-order valence-electron chi connectivity index (χ0n) is 11.2. The summed E-state index contributed by atoms with van der Waals surface area (Å²) < 4.78 is 31.6. The minimum atomic E-state index is -3.58. The van der Waals surface area contributed by atoms with E-state index in [1.54, 1.807) is 19.1 Å². The van der Waals surface area contributed by atoms with E-state index in [-0.39, 0.29) is 18.1 Å². The summed E-state index contributed by atoms with van der Waals surface area (Å²) in [7, 11) is 0. The van der Waals surface area contributed by atoms with Crippen LogP contribution in [0.1, 0.15) is 27.7 Å². The number of esters is 1. The van der Waals surface area contributed by atoms with Crippen molar-refractivity contribution in [1.82, 2.24) is 0 Å². The molecule has 4 heteroatoms. The van der Waals surface area contributed by atoms with E-state index in [1.807, 2.05) is 13.8 Å². The molecule has 0 saturated carbocycles. The van der Waals surface area contributed by atoms with Crippen molar-refractivity contribution in [2.24, 2.45) is 5.92 Å². The molecule has 1 aliphatic rings. The fourth-order valence-corrected chi connectivity index (χ4v) is 1.34. The van der Waals surface area contributed by atoms with Gasteiger partial charge in [0.05, 0.1) is 6.61 Å². The van der Waals surface area contributed by atoms with Crippen LogP contribution in [-0.4, -0.2) is 18.5 Å². The van der Waals surface area contributed by atoms with Crippen LogP contribution in [0.25, 0.3) is 0 Å². The first-order chi connectivity index (χ1) is 8.48. The van der Waals surface area contributed by atoms with Gasteiger partial charge in [-0.1, -0.05) is 51.2 Å². The number of hydrogen-bond acceptors (Lipinski definition) is 2. The monoisotopic (exact) mass is 258 g/mol. The summed E-state index contributed by atoms with van der Waals surface area (Å²) in [6.07, 6.45) is 7.52. The van der Waals surface area contributed by atoms with Crippen molar-refractivity contribution in [2.75, 3.05) is 6.61 Å². The van der Waals surface area contributed by atoms with E-state index in [0.29, 0.717) is 0 Å². The van der Waals surface area contributed by atoms with Gasteiger partial charge in [0.2, 0.25) is 0 Å². The van der Waals surface area contributed by atoms with Gasteiger partial charge in [0.15, 0.2) is 0 Å². The molecule has 2 nitrogen and oxygen atoms in total. The predicted octanol–water partition coefficient (Wildman–Crippen LogP) is 3.90. The lowest BCUT2D eigenvalue weighted by atomic mass is 10.0. The Morgan fingerprint density at radius 2 is 2.00 bits per heavy atom. The molecule has 0 aliphatic heterocycles. The highest BCUT2D eigenvalue weighted by molar-refractivity contribution is 5.82. The summed E-state index contributed by atoms with van der Waals surface area (Å²) >= 11 is 0. The molecule has 0 saturated heterocycles. The first kappa shape index (κ1) is 16.6. The fraction of sp³-hybridized carbons (Fsp3) is 0.500. The number of hydrogen-bond donors (Lipinski definition) is 0. The summed E-state index contributed by atoms with van der Waals surface area (Å²) in [5.41, 5.74) is -0.316. The maximum absolute atomic E-state index is 13.6. The third-order valence-electron chi connectivity index (χ3n) is 2.14. The Balaban J connectivity index is 0.00000137. The number of carbonyl (C=O) groups is 1. The van der Waals surface area contributed by atoms with Gasteiger partial charge in [0.25, 0.3) is 0 Å². The SMILES string of the molecule is CC.CCOC(=O)C(F)(F)C1=CC(C)C=CC=C1. The maximum atomic E-state index is 13.6. The molecule has 1 unspecified atom stereocenters. The minimum Gasteiger partial charge on any atom is -0.461 e. The summed E-state index contributed by atoms with van der Waals surface area (Å²) in [5, 5.41) is 0. The largest absolute Gasteiger partial charge is 0.461 e. The fourth-order valence-electron chi connectivity index (χ4n) is 1.34. The van der Waals surface area contributed by atoms with Gasteiger partial charge in [-0.05, 0) is 12.8 Å². The second-order valence-corrected chi connectivity index (χ2v) is 3.52. The molecular weight excluding hydrogens is 238 g/mol. The summed E-state index contributed by atoms with van der Waals surface area (Å²) in [6, 6.07) is 0. The van der Waals surface area contributed by atoms with E-state index in [1.165, 1.54) is 25.2 Å². The zero-order valence-corrected chi connectivity index (χ0v) is 11.2. The van der Waals surface area contributed by atoms with Crippen LogP contribution < -0.4 is 0 Å². The number of allylic oxidation sites excluding steroid dienone is 5. The molecule has 0 N–H and O–H groups in total. The Hall–Kier alpha value is -1.45. The third kappa shape index (κ3) is 4.43. The molecule has 0 fully saturated rings. The number of carbonyl (C=O) groups excluding carboxylic acids is 1. The minimum absolute atomic E-state index is 0.0563. The molecule has 0 aromatic rings. The Labute approximate surface area is 107 Å². The third-order valence-corrected chi connectivity index (χ3v) is 2.14. The Morgan fingerprint density at radius 3 is 2.56 bits per heavy atom. The van der Waals surface area contributed by atoms with Gasteiger partial charge in [-0.25, -0.2) is 4.79 Å². The molecule has 1 rings (SSSR count). The molecule has 102 valence electrons. The molecule has 0 heterocycles. The van der Waals surface area contributed by atoms with Crippen LogP contribution in [0.15, 0.2) is 36.0 Å². The Bertz CT molecular complexity index is 355. The van der Waals surface area contributed by atoms with Gasteiger partial charge in [0, 0.05) is 5.57 Å². The standard InChI is InChI=1S/C12H14F2O2.C2H6/c1-3-16-11(15)12(13,14)10-7-5-4-6-9(2)8-10;1-2/h4-9H,3H2,1-2H3;1-2H3. The highest BCUT2D eigenvalue weighted by atomic mass is 19.3. The first-order valence-corrected chi connectivity index (χ1v) is 6.10. The van der Waals surface area contributed by atoms with Gasteiger partial charge in [0.1, 0.15) is 0 Å². The van der Waals surface area contributed by atoms with E-state index < -0.39 is 11.9 Å². The molecule has 0 spiro atoms. The van der Waals surface area contributed by atoms with E-state index in [0.717, 1.165) is 0 Å². The van der Waals surface area contributed by atoms with Gasteiger partial charge in [-0.3, -0.25) is 0 Å². The van der Waals surface area contributed by atoms with Gasteiger partial charge < -0.3 is 4.74 Å². The van der Waals surface area contributed by atoms with E-state index in [4.69, 9.17) is 0 Å². The van der Waals surface area contributed by atoms with Crippen molar-refractivity contribution in [1.29, 1.82) is 0 Å². The summed E-state index contributed by atoms with van der Waals surface area (Å²) in [5.74, 6) is -5.21. The quantitative estimate of drug-likeness (QED) is 0.718. The molecule has 0 radical (unpaired) electrons. The smallest absolute Gasteiger partial charge is 0.381 e. The molecule has 0 amide bonds. The van der Waals surface area contributed by atoms with Crippen molar-refractivity contribution in [2.45, 2.75) is 33.6 Å². The lowest BCUT2D eigenvalue weighted by Crippen LogP contribution is -2.32. The second-order valence-electron chi connectivity index (χ2n) is 3.52. The highest BCUT2D eigenvalue weighted by Crippen LogP contribution is 2.29. The lowest BCUT2D eigenvalue weighted by molar-refractivity contribution is -0.165. The predicted molar refractivity (Wildman–Crippen MR) is 68.5 cm³/mol. The Morgan fingerprint density at radius 1 is 1.39 bits per heavy atom. The molecule has 1 atom stereocenters. The number of ether oxygens (including phenoxy) is 1. The molecule has 18 heavy (non-hydrogen) atoms. The van der Waals surface area contributed by atoms with Crippen molar-refractivity contribution in [3.63, 3.8) is 0 Å². The summed E-state index contributed by atoms with van der Waals surface area (Å²) in [6.45, 7) is 7.21. The van der Waals surface area contributed by atoms with Crippen LogP contribution >= 0.6 is 0 Å². The highest BCUT2D eigenvalue weighted by Gasteiger charge is 2.43.